The van der Waals surface area contributed by atoms with Crippen molar-refractivity contribution in [2.45, 2.75) is 12.5 Å². The predicted octanol–water partition coefficient (Wildman–Crippen LogP) is 2.37. The van der Waals surface area contributed by atoms with E-state index in [9.17, 15) is 18.7 Å². The van der Waals surface area contributed by atoms with Crippen molar-refractivity contribution in [3.8, 4) is 0 Å². The Labute approximate surface area is 139 Å². The number of carbonyl (C=O) groups is 1. The van der Waals surface area contributed by atoms with E-state index in [1.807, 2.05) is 30.3 Å². The van der Waals surface area contributed by atoms with Crippen LogP contribution in [-0.4, -0.2) is 30.8 Å². The SMILES string of the molecule is O=C(COCCc1ccccc1)NCC(O)c1c(F)cccc1F. The number of hydrogen-bond acceptors (Lipinski definition) is 3. The average Bonchev–Trinajstić information content (AvgIpc) is 2.57. The maximum Gasteiger partial charge on any atom is 0.246 e. The van der Waals surface area contributed by atoms with E-state index in [0.717, 1.165) is 17.7 Å². The van der Waals surface area contributed by atoms with Gasteiger partial charge in [0.1, 0.15) is 24.3 Å². The third-order valence-corrected chi connectivity index (χ3v) is 3.44. The summed E-state index contributed by atoms with van der Waals surface area (Å²) in [7, 11) is 0. The average molecular weight is 335 g/mol. The molecule has 1 atom stereocenters. The number of amides is 1. The molecule has 4 nitrogen and oxygen atoms in total. The molecule has 1 amide bonds. The van der Waals surface area contributed by atoms with Gasteiger partial charge in [0.2, 0.25) is 5.91 Å². The van der Waals surface area contributed by atoms with Crippen molar-refractivity contribution >= 4 is 5.91 Å². The lowest BCUT2D eigenvalue weighted by molar-refractivity contribution is -0.126. The lowest BCUT2D eigenvalue weighted by Gasteiger charge is -2.14. The van der Waals surface area contributed by atoms with Crippen LogP contribution in [0.15, 0.2) is 48.5 Å². The first-order valence-electron chi connectivity index (χ1n) is 7.58. The Morgan fingerprint density at radius 2 is 1.75 bits per heavy atom. The van der Waals surface area contributed by atoms with Gasteiger partial charge in [0.15, 0.2) is 0 Å². The van der Waals surface area contributed by atoms with Gasteiger partial charge in [0, 0.05) is 6.54 Å². The standard InChI is InChI=1S/C18H19F2NO3/c19-14-7-4-8-15(20)18(14)16(22)11-21-17(23)12-24-10-9-13-5-2-1-3-6-13/h1-8,16,22H,9-12H2,(H,21,23). The molecule has 2 N–H and O–H groups in total. The van der Waals surface area contributed by atoms with Crippen molar-refractivity contribution in [1.82, 2.24) is 5.32 Å². The molecule has 6 heteroatoms. The molecule has 128 valence electrons. The Balaban J connectivity index is 1.69. The number of ether oxygens (including phenoxy) is 1. The highest BCUT2D eigenvalue weighted by Crippen LogP contribution is 2.19. The van der Waals surface area contributed by atoms with Gasteiger partial charge in [0.05, 0.1) is 12.2 Å². The maximum absolute atomic E-state index is 13.5. The molecule has 0 aliphatic rings. The van der Waals surface area contributed by atoms with Crippen LogP contribution in [0.4, 0.5) is 8.78 Å². The van der Waals surface area contributed by atoms with Crippen molar-refractivity contribution in [1.29, 1.82) is 0 Å². The second kappa shape index (κ2) is 9.10. The fourth-order valence-electron chi connectivity index (χ4n) is 2.19. The molecule has 0 bridgehead atoms. The van der Waals surface area contributed by atoms with E-state index in [2.05, 4.69) is 5.32 Å². The van der Waals surface area contributed by atoms with Gasteiger partial charge in [-0.1, -0.05) is 36.4 Å². The molecule has 1 unspecified atom stereocenters. The highest BCUT2D eigenvalue weighted by molar-refractivity contribution is 5.77. The van der Waals surface area contributed by atoms with Gasteiger partial charge in [-0.3, -0.25) is 4.79 Å². The summed E-state index contributed by atoms with van der Waals surface area (Å²) >= 11 is 0. The van der Waals surface area contributed by atoms with E-state index in [-0.39, 0.29) is 13.2 Å². The van der Waals surface area contributed by atoms with Crippen LogP contribution in [0, 0.1) is 11.6 Å². The smallest absolute Gasteiger partial charge is 0.246 e. The zero-order valence-corrected chi connectivity index (χ0v) is 13.0. The minimum absolute atomic E-state index is 0.181. The van der Waals surface area contributed by atoms with E-state index in [1.54, 1.807) is 0 Å². The first-order valence-corrected chi connectivity index (χ1v) is 7.58. The molecular formula is C18H19F2NO3. The van der Waals surface area contributed by atoms with Crippen LogP contribution in [0.2, 0.25) is 0 Å². The number of benzene rings is 2. The molecule has 0 heterocycles. The highest BCUT2D eigenvalue weighted by Gasteiger charge is 2.18. The predicted molar refractivity (Wildman–Crippen MR) is 85.3 cm³/mol. The van der Waals surface area contributed by atoms with Crippen molar-refractivity contribution in [3.63, 3.8) is 0 Å². The van der Waals surface area contributed by atoms with Gasteiger partial charge < -0.3 is 15.2 Å². The fraction of sp³-hybridized carbons (Fsp3) is 0.278. The maximum atomic E-state index is 13.5. The Morgan fingerprint density at radius 3 is 2.42 bits per heavy atom. The highest BCUT2D eigenvalue weighted by atomic mass is 19.1. The summed E-state index contributed by atoms with van der Waals surface area (Å²) < 4.78 is 32.2. The normalized spacial score (nSPS) is 12.0. The van der Waals surface area contributed by atoms with Crippen LogP contribution >= 0.6 is 0 Å². The number of aliphatic hydroxyl groups excluding tert-OH is 1. The first kappa shape index (κ1) is 18.0. The van der Waals surface area contributed by atoms with Gasteiger partial charge in [-0.05, 0) is 24.1 Å². The minimum atomic E-state index is -1.46. The molecule has 2 rings (SSSR count). The van der Waals surface area contributed by atoms with Crippen LogP contribution in [0.5, 0.6) is 0 Å². The van der Waals surface area contributed by atoms with E-state index < -0.39 is 29.2 Å². The van der Waals surface area contributed by atoms with Crippen molar-refractivity contribution in [3.05, 3.63) is 71.3 Å². The van der Waals surface area contributed by atoms with Gasteiger partial charge in [-0.15, -0.1) is 0 Å². The monoisotopic (exact) mass is 335 g/mol. The van der Waals surface area contributed by atoms with Crippen LogP contribution in [0.1, 0.15) is 17.2 Å². The van der Waals surface area contributed by atoms with Gasteiger partial charge >= 0.3 is 0 Å². The van der Waals surface area contributed by atoms with Gasteiger partial charge in [-0.2, -0.15) is 0 Å². The molecule has 2 aromatic rings. The Morgan fingerprint density at radius 1 is 1.08 bits per heavy atom. The molecule has 24 heavy (non-hydrogen) atoms. The van der Waals surface area contributed by atoms with E-state index in [0.29, 0.717) is 13.0 Å². The van der Waals surface area contributed by atoms with Crippen LogP contribution in [0.25, 0.3) is 0 Å². The number of halogens is 2. The summed E-state index contributed by atoms with van der Waals surface area (Å²) in [4.78, 5) is 11.6. The van der Waals surface area contributed by atoms with E-state index in [4.69, 9.17) is 4.74 Å². The van der Waals surface area contributed by atoms with Crippen molar-refractivity contribution in [2.24, 2.45) is 0 Å². The molecule has 0 aliphatic heterocycles. The van der Waals surface area contributed by atoms with Crippen LogP contribution in [-0.2, 0) is 16.0 Å². The molecule has 0 aromatic heterocycles. The minimum Gasteiger partial charge on any atom is -0.386 e. The lowest BCUT2D eigenvalue weighted by atomic mass is 10.1. The zero-order valence-electron chi connectivity index (χ0n) is 13.0. The molecule has 0 radical (unpaired) electrons. The van der Waals surface area contributed by atoms with E-state index in [1.165, 1.54) is 6.07 Å². The van der Waals surface area contributed by atoms with Gasteiger partial charge in [-0.25, -0.2) is 8.78 Å². The quantitative estimate of drug-likeness (QED) is 0.728. The summed E-state index contributed by atoms with van der Waals surface area (Å²) in [5.74, 6) is -2.16. The van der Waals surface area contributed by atoms with Crippen LogP contribution in [0.3, 0.4) is 0 Å². The summed E-state index contributed by atoms with van der Waals surface area (Å²) in [6, 6.07) is 13.0. The lowest BCUT2D eigenvalue weighted by Crippen LogP contribution is -2.32. The number of aliphatic hydroxyl groups is 1. The number of rotatable bonds is 8. The number of hydrogen-bond donors (Lipinski definition) is 2. The topological polar surface area (TPSA) is 58.6 Å². The van der Waals surface area contributed by atoms with Crippen LogP contribution < -0.4 is 5.32 Å². The Bertz CT molecular complexity index is 644. The zero-order chi connectivity index (χ0) is 17.4. The van der Waals surface area contributed by atoms with Gasteiger partial charge in [0.25, 0.3) is 0 Å². The molecule has 0 saturated carbocycles. The molecule has 0 fully saturated rings. The Hall–Kier alpha value is -2.31. The summed E-state index contributed by atoms with van der Waals surface area (Å²) in [5, 5.41) is 12.2. The number of carbonyl (C=O) groups excluding carboxylic acids is 1. The summed E-state index contributed by atoms with van der Waals surface area (Å²) in [5.41, 5.74) is 0.645. The fourth-order valence-corrected chi connectivity index (χ4v) is 2.19. The first-order chi connectivity index (χ1) is 11.6. The molecule has 0 spiro atoms. The molecule has 2 aromatic carbocycles. The summed E-state index contributed by atoms with van der Waals surface area (Å²) in [6.07, 6.45) is -0.781. The second-order valence-corrected chi connectivity index (χ2v) is 5.24. The summed E-state index contributed by atoms with van der Waals surface area (Å²) in [6.45, 7) is -0.0973. The molecule has 0 aliphatic carbocycles. The second-order valence-electron chi connectivity index (χ2n) is 5.24. The molecule has 0 saturated heterocycles. The van der Waals surface area contributed by atoms with Crippen molar-refractivity contribution < 1.29 is 23.4 Å². The third kappa shape index (κ3) is 5.40. The van der Waals surface area contributed by atoms with E-state index >= 15 is 0 Å². The third-order valence-electron chi connectivity index (χ3n) is 3.44. The Kier molecular flexibility index (Phi) is 6.84. The largest absolute Gasteiger partial charge is 0.386 e. The number of nitrogens with one attached hydrogen (secondary N) is 1. The molecular weight excluding hydrogens is 316 g/mol. The van der Waals surface area contributed by atoms with Crippen molar-refractivity contribution in [2.75, 3.05) is 19.8 Å².